The summed E-state index contributed by atoms with van der Waals surface area (Å²) < 4.78 is 5.10. The van der Waals surface area contributed by atoms with Crippen LogP contribution >= 0.6 is 0 Å². The number of nitrogens with zero attached hydrogens (tertiary/aromatic N) is 1. The molecule has 4 nitrogen and oxygen atoms in total. The van der Waals surface area contributed by atoms with Crippen LogP contribution in [-0.2, 0) is 16.0 Å². The molecular weight excluding hydrogens is 240 g/mol. The van der Waals surface area contributed by atoms with Crippen LogP contribution in [0.15, 0.2) is 24.3 Å². The number of ether oxygens (including phenoxy) is 1. The molecule has 1 aliphatic heterocycles. The van der Waals surface area contributed by atoms with Crippen molar-refractivity contribution in [3.8, 4) is 0 Å². The molecule has 0 fully saturated rings. The van der Waals surface area contributed by atoms with Gasteiger partial charge in [-0.05, 0) is 31.4 Å². The lowest BCUT2D eigenvalue weighted by Gasteiger charge is -2.32. The van der Waals surface area contributed by atoms with E-state index in [0.29, 0.717) is 6.61 Å². The molecule has 0 saturated carbocycles. The largest absolute Gasteiger partial charge is 0.383 e. The Morgan fingerprint density at radius 2 is 2.26 bits per heavy atom. The van der Waals surface area contributed by atoms with E-state index in [1.165, 1.54) is 5.56 Å². The van der Waals surface area contributed by atoms with E-state index in [1.54, 1.807) is 12.0 Å². The molecule has 0 saturated heterocycles. The molecule has 4 heteroatoms. The summed E-state index contributed by atoms with van der Waals surface area (Å²) in [6, 6.07) is 8.15. The van der Waals surface area contributed by atoms with Crippen molar-refractivity contribution in [2.45, 2.75) is 31.8 Å². The lowest BCUT2D eigenvalue weighted by atomic mass is 9.97. The molecule has 2 rings (SSSR count). The summed E-state index contributed by atoms with van der Waals surface area (Å²) in [4.78, 5) is 14.2. The number of likely N-dealkylation sites (N-methyl/N-ethyl adjacent to an activating group) is 1. The number of methoxy groups -OCH3 is 1. The number of anilines is 1. The van der Waals surface area contributed by atoms with E-state index in [1.807, 2.05) is 32.2 Å². The molecule has 104 valence electrons. The smallest absolute Gasteiger partial charge is 0.245 e. The number of carbonyl (C=O) groups is 1. The second-order valence-electron chi connectivity index (χ2n) is 5.15. The van der Waals surface area contributed by atoms with Crippen molar-refractivity contribution in [3.63, 3.8) is 0 Å². The molecule has 1 aromatic carbocycles. The number of nitrogens with one attached hydrogen (secondary N) is 1. The van der Waals surface area contributed by atoms with Crippen LogP contribution < -0.4 is 5.32 Å². The summed E-state index contributed by atoms with van der Waals surface area (Å²) in [5.74, 6) is 0.138. The fourth-order valence-corrected chi connectivity index (χ4v) is 2.44. The van der Waals surface area contributed by atoms with Crippen LogP contribution in [0.2, 0.25) is 0 Å². The minimum atomic E-state index is -0.126. The molecule has 0 spiro atoms. The quantitative estimate of drug-likeness (QED) is 0.901. The van der Waals surface area contributed by atoms with Gasteiger partial charge in [0.1, 0.15) is 6.04 Å². The lowest BCUT2D eigenvalue weighted by molar-refractivity contribution is -0.133. The van der Waals surface area contributed by atoms with E-state index in [4.69, 9.17) is 4.74 Å². The summed E-state index contributed by atoms with van der Waals surface area (Å²) in [6.07, 6.45) is 1.80. The highest BCUT2D eigenvalue weighted by atomic mass is 16.5. The van der Waals surface area contributed by atoms with Gasteiger partial charge < -0.3 is 15.0 Å². The number of benzene rings is 1. The second-order valence-corrected chi connectivity index (χ2v) is 5.15. The molecule has 1 amide bonds. The fourth-order valence-electron chi connectivity index (χ4n) is 2.44. The highest BCUT2D eigenvalue weighted by Gasteiger charge is 2.27. The first-order chi connectivity index (χ1) is 9.13. The SMILES string of the molecule is COCC(C)N(C)C(=O)C1CCc2ccccc2N1. The topological polar surface area (TPSA) is 41.6 Å². The molecular formula is C15H22N2O2. The van der Waals surface area contributed by atoms with Crippen molar-refractivity contribution < 1.29 is 9.53 Å². The number of carbonyl (C=O) groups excluding carboxylic acids is 1. The molecule has 1 aromatic rings. The lowest BCUT2D eigenvalue weighted by Crippen LogP contribution is -2.47. The highest BCUT2D eigenvalue weighted by molar-refractivity contribution is 5.85. The maximum atomic E-state index is 12.4. The standard InChI is InChI=1S/C15H22N2O2/c1-11(10-19-3)17(2)15(18)14-9-8-12-6-4-5-7-13(12)16-14/h4-7,11,14,16H,8-10H2,1-3H3. The Morgan fingerprint density at radius 3 is 3.00 bits per heavy atom. The third kappa shape index (κ3) is 3.07. The second kappa shape index (κ2) is 6.06. The first-order valence-corrected chi connectivity index (χ1v) is 6.73. The fraction of sp³-hybridized carbons (Fsp3) is 0.533. The maximum absolute atomic E-state index is 12.4. The number of aryl methyl sites for hydroxylation is 1. The number of rotatable bonds is 4. The van der Waals surface area contributed by atoms with E-state index in [0.717, 1.165) is 18.5 Å². The molecule has 0 aliphatic carbocycles. The Labute approximate surface area is 114 Å². The van der Waals surface area contributed by atoms with Crippen molar-refractivity contribution in [1.82, 2.24) is 4.90 Å². The van der Waals surface area contributed by atoms with Gasteiger partial charge in [-0.2, -0.15) is 0 Å². The van der Waals surface area contributed by atoms with E-state index >= 15 is 0 Å². The Morgan fingerprint density at radius 1 is 1.53 bits per heavy atom. The number of hydrogen-bond acceptors (Lipinski definition) is 3. The Balaban J connectivity index is 2.02. The van der Waals surface area contributed by atoms with Gasteiger partial charge >= 0.3 is 0 Å². The van der Waals surface area contributed by atoms with Gasteiger partial charge in [-0.25, -0.2) is 0 Å². The van der Waals surface area contributed by atoms with Crippen LogP contribution in [0, 0.1) is 0 Å². The molecule has 0 bridgehead atoms. The van der Waals surface area contributed by atoms with Crippen molar-refractivity contribution in [1.29, 1.82) is 0 Å². The molecule has 1 heterocycles. The zero-order valence-corrected chi connectivity index (χ0v) is 11.8. The first-order valence-electron chi connectivity index (χ1n) is 6.73. The van der Waals surface area contributed by atoms with Crippen LogP contribution in [0.25, 0.3) is 0 Å². The normalized spacial score (nSPS) is 19.2. The van der Waals surface area contributed by atoms with Crippen molar-refractivity contribution in [2.75, 3.05) is 26.1 Å². The van der Waals surface area contributed by atoms with Crippen molar-refractivity contribution in [2.24, 2.45) is 0 Å². The van der Waals surface area contributed by atoms with Gasteiger partial charge in [0.15, 0.2) is 0 Å². The summed E-state index contributed by atoms with van der Waals surface area (Å²) in [5, 5.41) is 3.34. The minimum absolute atomic E-state index is 0.0940. The highest BCUT2D eigenvalue weighted by Crippen LogP contribution is 2.25. The molecule has 19 heavy (non-hydrogen) atoms. The van der Waals surface area contributed by atoms with Gasteiger partial charge in [0.25, 0.3) is 0 Å². The molecule has 2 unspecified atom stereocenters. The number of fused-ring (bicyclic) bond motifs is 1. The van der Waals surface area contributed by atoms with Crippen LogP contribution in [0.1, 0.15) is 18.9 Å². The van der Waals surface area contributed by atoms with Crippen LogP contribution in [0.3, 0.4) is 0 Å². The van der Waals surface area contributed by atoms with Crippen LogP contribution in [-0.4, -0.2) is 43.7 Å². The van der Waals surface area contributed by atoms with Gasteiger partial charge in [0, 0.05) is 19.8 Å². The Bertz CT molecular complexity index is 448. The predicted molar refractivity (Wildman–Crippen MR) is 76.3 cm³/mol. The average molecular weight is 262 g/mol. The van der Waals surface area contributed by atoms with Gasteiger partial charge in [-0.1, -0.05) is 18.2 Å². The molecule has 1 aliphatic rings. The molecule has 0 aromatic heterocycles. The third-order valence-electron chi connectivity index (χ3n) is 3.76. The van der Waals surface area contributed by atoms with Gasteiger partial charge in [0.05, 0.1) is 12.6 Å². The first kappa shape index (κ1) is 13.9. The summed E-state index contributed by atoms with van der Waals surface area (Å²) in [7, 11) is 3.50. The maximum Gasteiger partial charge on any atom is 0.245 e. The zero-order chi connectivity index (χ0) is 13.8. The summed E-state index contributed by atoms with van der Waals surface area (Å²) >= 11 is 0. The van der Waals surface area contributed by atoms with E-state index in [2.05, 4.69) is 11.4 Å². The van der Waals surface area contributed by atoms with Crippen molar-refractivity contribution in [3.05, 3.63) is 29.8 Å². The zero-order valence-electron chi connectivity index (χ0n) is 11.8. The van der Waals surface area contributed by atoms with Crippen LogP contribution in [0.4, 0.5) is 5.69 Å². The number of para-hydroxylation sites is 1. The average Bonchev–Trinajstić information content (AvgIpc) is 2.45. The Kier molecular flexibility index (Phi) is 4.43. The molecule has 1 N–H and O–H groups in total. The van der Waals surface area contributed by atoms with E-state index < -0.39 is 0 Å². The van der Waals surface area contributed by atoms with Crippen molar-refractivity contribution >= 4 is 11.6 Å². The van der Waals surface area contributed by atoms with E-state index in [9.17, 15) is 4.79 Å². The van der Waals surface area contributed by atoms with Gasteiger partial charge in [-0.3, -0.25) is 4.79 Å². The molecule has 0 radical (unpaired) electrons. The number of amides is 1. The van der Waals surface area contributed by atoms with E-state index in [-0.39, 0.29) is 18.0 Å². The molecule has 2 atom stereocenters. The summed E-state index contributed by atoms with van der Waals surface area (Å²) in [5.41, 5.74) is 2.37. The third-order valence-corrected chi connectivity index (χ3v) is 3.76. The van der Waals surface area contributed by atoms with Crippen LogP contribution in [0.5, 0.6) is 0 Å². The summed E-state index contributed by atoms with van der Waals surface area (Å²) in [6.45, 7) is 2.56. The minimum Gasteiger partial charge on any atom is -0.383 e. The monoisotopic (exact) mass is 262 g/mol. The van der Waals surface area contributed by atoms with Gasteiger partial charge in [-0.15, -0.1) is 0 Å². The van der Waals surface area contributed by atoms with Gasteiger partial charge in [0.2, 0.25) is 5.91 Å². The Hall–Kier alpha value is -1.55. The predicted octanol–water partition coefficient (Wildman–Crippen LogP) is 1.91. The number of hydrogen-bond donors (Lipinski definition) is 1.